The zero-order valence-corrected chi connectivity index (χ0v) is 13.5. The molecule has 0 radical (unpaired) electrons. The van der Waals surface area contributed by atoms with Crippen LogP contribution in [0.2, 0.25) is 0 Å². The molecule has 0 amide bonds. The van der Waals surface area contributed by atoms with Gasteiger partial charge in [0.25, 0.3) is 0 Å². The van der Waals surface area contributed by atoms with Gasteiger partial charge in [-0.05, 0) is 68.6 Å². The molecule has 3 rings (SSSR count). The molecule has 4 unspecified atom stereocenters. The normalized spacial score (nSPS) is 29.7. The van der Waals surface area contributed by atoms with Crippen LogP contribution in [0.3, 0.4) is 0 Å². The molecule has 4 nitrogen and oxygen atoms in total. The van der Waals surface area contributed by atoms with E-state index in [1.165, 1.54) is 25.7 Å². The molecular weight excluding hydrogens is 284 g/mol. The Morgan fingerprint density at radius 2 is 2.05 bits per heavy atom. The Morgan fingerprint density at radius 3 is 2.67 bits per heavy atom. The number of anilines is 1. The lowest BCUT2D eigenvalue weighted by Gasteiger charge is -2.28. The standard InChI is InChI=1S/C16H24N2O2S/c1-10-3-6-14(17)9-16(10)21(19,20)18-11(2)15-8-12-4-5-13(15)7-12/h3,6,9,11-13,15,18H,4-5,7-8,17H2,1-2H3. The summed E-state index contributed by atoms with van der Waals surface area (Å²) in [6.07, 6.45) is 5.05. The van der Waals surface area contributed by atoms with E-state index in [0.717, 1.165) is 11.5 Å². The van der Waals surface area contributed by atoms with Crippen LogP contribution in [-0.4, -0.2) is 14.5 Å². The van der Waals surface area contributed by atoms with Gasteiger partial charge in [-0.15, -0.1) is 0 Å². The molecule has 0 heterocycles. The van der Waals surface area contributed by atoms with Crippen molar-refractivity contribution in [2.24, 2.45) is 17.8 Å². The number of nitrogens with two attached hydrogens (primary N) is 1. The van der Waals surface area contributed by atoms with Gasteiger partial charge in [0, 0.05) is 11.7 Å². The molecule has 116 valence electrons. The molecule has 2 fully saturated rings. The topological polar surface area (TPSA) is 72.2 Å². The first kappa shape index (κ1) is 14.9. The molecule has 3 N–H and O–H groups in total. The third kappa shape index (κ3) is 2.81. The smallest absolute Gasteiger partial charge is 0.241 e. The number of nitrogens with one attached hydrogen (secondary N) is 1. The third-order valence-corrected chi connectivity index (χ3v) is 6.98. The van der Waals surface area contributed by atoms with Gasteiger partial charge in [-0.2, -0.15) is 0 Å². The van der Waals surface area contributed by atoms with Crippen LogP contribution < -0.4 is 10.5 Å². The minimum absolute atomic E-state index is 0.00821. The number of fused-ring (bicyclic) bond motifs is 2. The van der Waals surface area contributed by atoms with Crippen LogP contribution in [0.1, 0.15) is 38.2 Å². The Morgan fingerprint density at radius 1 is 1.29 bits per heavy atom. The molecule has 2 bridgehead atoms. The summed E-state index contributed by atoms with van der Waals surface area (Å²) in [6.45, 7) is 3.81. The number of hydrogen-bond donors (Lipinski definition) is 2. The quantitative estimate of drug-likeness (QED) is 0.840. The average molecular weight is 308 g/mol. The van der Waals surface area contributed by atoms with E-state index in [1.54, 1.807) is 25.1 Å². The van der Waals surface area contributed by atoms with Crippen LogP contribution in [0, 0.1) is 24.7 Å². The lowest BCUT2D eigenvalue weighted by molar-refractivity contribution is 0.280. The van der Waals surface area contributed by atoms with Crippen molar-refractivity contribution in [3.05, 3.63) is 23.8 Å². The summed E-state index contributed by atoms with van der Waals surface area (Å²) in [7, 11) is -3.50. The van der Waals surface area contributed by atoms with E-state index >= 15 is 0 Å². The maximum atomic E-state index is 12.6. The van der Waals surface area contributed by atoms with Gasteiger partial charge in [-0.1, -0.05) is 12.5 Å². The monoisotopic (exact) mass is 308 g/mol. The molecule has 0 saturated heterocycles. The Hall–Kier alpha value is -1.07. The van der Waals surface area contributed by atoms with Crippen molar-refractivity contribution in [2.45, 2.75) is 50.5 Å². The highest BCUT2D eigenvalue weighted by atomic mass is 32.2. The summed E-state index contributed by atoms with van der Waals surface area (Å²) < 4.78 is 28.1. The van der Waals surface area contributed by atoms with Gasteiger partial charge < -0.3 is 5.73 Å². The second-order valence-electron chi connectivity index (χ2n) is 6.77. The number of nitrogen functional groups attached to an aromatic ring is 1. The summed E-state index contributed by atoms with van der Waals surface area (Å²) in [6, 6.07) is 5.02. The summed E-state index contributed by atoms with van der Waals surface area (Å²) in [5.74, 6) is 2.01. The van der Waals surface area contributed by atoms with Crippen LogP contribution in [0.5, 0.6) is 0 Å². The maximum absolute atomic E-state index is 12.6. The molecule has 21 heavy (non-hydrogen) atoms. The highest BCUT2D eigenvalue weighted by molar-refractivity contribution is 7.89. The third-order valence-electron chi connectivity index (χ3n) is 5.28. The molecule has 2 aliphatic carbocycles. The first-order valence-corrected chi connectivity index (χ1v) is 9.23. The van der Waals surface area contributed by atoms with E-state index < -0.39 is 10.0 Å². The van der Waals surface area contributed by atoms with Gasteiger partial charge in [0.1, 0.15) is 0 Å². The van der Waals surface area contributed by atoms with Crippen LogP contribution in [-0.2, 0) is 10.0 Å². The lowest BCUT2D eigenvalue weighted by Crippen LogP contribution is -2.40. The fourth-order valence-corrected chi connectivity index (χ4v) is 5.78. The molecule has 1 aromatic rings. The largest absolute Gasteiger partial charge is 0.399 e. The molecule has 4 atom stereocenters. The molecule has 2 aliphatic rings. The highest BCUT2D eigenvalue weighted by Crippen LogP contribution is 2.49. The number of aryl methyl sites for hydroxylation is 1. The van der Waals surface area contributed by atoms with Gasteiger partial charge >= 0.3 is 0 Å². The fourth-order valence-electron chi connectivity index (χ4n) is 4.21. The van der Waals surface area contributed by atoms with Gasteiger partial charge in [0.05, 0.1) is 4.90 Å². The number of benzene rings is 1. The minimum Gasteiger partial charge on any atom is -0.399 e. The van der Waals surface area contributed by atoms with Crippen LogP contribution in [0.4, 0.5) is 5.69 Å². The van der Waals surface area contributed by atoms with E-state index in [0.29, 0.717) is 22.4 Å². The molecule has 0 aromatic heterocycles. The predicted octanol–water partition coefficient (Wildman–Crippen LogP) is 2.68. The lowest BCUT2D eigenvalue weighted by atomic mass is 9.84. The summed E-state index contributed by atoms with van der Waals surface area (Å²) in [4.78, 5) is 0.303. The molecule has 0 spiro atoms. The molecular formula is C16H24N2O2S. The van der Waals surface area contributed by atoms with Crippen molar-refractivity contribution in [3.63, 3.8) is 0 Å². The Labute approximate surface area is 127 Å². The van der Waals surface area contributed by atoms with Crippen molar-refractivity contribution in [1.29, 1.82) is 0 Å². The average Bonchev–Trinajstić information content (AvgIpc) is 3.03. The molecule has 5 heteroatoms. The van der Waals surface area contributed by atoms with Crippen LogP contribution in [0.15, 0.2) is 23.1 Å². The minimum atomic E-state index is -3.50. The summed E-state index contributed by atoms with van der Waals surface area (Å²) >= 11 is 0. The van der Waals surface area contributed by atoms with Crippen molar-refractivity contribution >= 4 is 15.7 Å². The van der Waals surface area contributed by atoms with Gasteiger partial charge in [0.2, 0.25) is 10.0 Å². The molecule has 0 aliphatic heterocycles. The zero-order valence-electron chi connectivity index (χ0n) is 12.7. The number of hydrogen-bond acceptors (Lipinski definition) is 3. The van der Waals surface area contributed by atoms with Gasteiger partial charge in [-0.25, -0.2) is 13.1 Å². The van der Waals surface area contributed by atoms with E-state index in [4.69, 9.17) is 5.73 Å². The first-order chi connectivity index (χ1) is 9.87. The molecule has 1 aromatic carbocycles. The molecule has 2 saturated carbocycles. The highest BCUT2D eigenvalue weighted by Gasteiger charge is 2.42. The van der Waals surface area contributed by atoms with Gasteiger partial charge in [0.15, 0.2) is 0 Å². The second-order valence-corrected chi connectivity index (χ2v) is 8.46. The van der Waals surface area contributed by atoms with E-state index in [1.807, 2.05) is 6.92 Å². The van der Waals surface area contributed by atoms with E-state index in [9.17, 15) is 8.42 Å². The SMILES string of the molecule is Cc1ccc(N)cc1S(=O)(=O)NC(C)C1CC2CCC1C2. The maximum Gasteiger partial charge on any atom is 0.241 e. The van der Waals surface area contributed by atoms with Crippen molar-refractivity contribution in [1.82, 2.24) is 4.72 Å². The summed E-state index contributed by atoms with van der Waals surface area (Å²) in [5, 5.41) is 0. The number of rotatable bonds is 4. The Kier molecular flexibility index (Phi) is 3.74. The van der Waals surface area contributed by atoms with Crippen molar-refractivity contribution in [2.75, 3.05) is 5.73 Å². The second kappa shape index (κ2) is 5.29. The van der Waals surface area contributed by atoms with Crippen molar-refractivity contribution < 1.29 is 8.42 Å². The van der Waals surface area contributed by atoms with Crippen LogP contribution in [0.25, 0.3) is 0 Å². The van der Waals surface area contributed by atoms with E-state index in [-0.39, 0.29) is 6.04 Å². The first-order valence-electron chi connectivity index (χ1n) is 7.75. The number of sulfonamides is 1. The van der Waals surface area contributed by atoms with Crippen molar-refractivity contribution in [3.8, 4) is 0 Å². The summed E-state index contributed by atoms with van der Waals surface area (Å²) in [5.41, 5.74) is 6.95. The Bertz CT molecular complexity index is 642. The zero-order chi connectivity index (χ0) is 15.2. The van der Waals surface area contributed by atoms with Crippen LogP contribution >= 0.6 is 0 Å². The fraction of sp³-hybridized carbons (Fsp3) is 0.625. The van der Waals surface area contributed by atoms with E-state index in [2.05, 4.69) is 4.72 Å². The predicted molar refractivity (Wildman–Crippen MR) is 84.3 cm³/mol. The Balaban J connectivity index is 1.78. The van der Waals surface area contributed by atoms with Gasteiger partial charge in [-0.3, -0.25) is 0 Å².